The maximum atomic E-state index is 12.7. The van der Waals surface area contributed by atoms with E-state index in [0.29, 0.717) is 25.2 Å². The first kappa shape index (κ1) is 11.2. The molecule has 0 aliphatic heterocycles. The molecule has 0 N–H and O–H groups in total. The highest BCUT2D eigenvalue weighted by molar-refractivity contribution is 8.13. The van der Waals surface area contributed by atoms with E-state index in [2.05, 4.69) is 0 Å². The number of alkyl halides is 1. The van der Waals surface area contributed by atoms with E-state index in [-0.39, 0.29) is 5.75 Å². The van der Waals surface area contributed by atoms with Crippen molar-refractivity contribution < 1.29 is 12.8 Å². The van der Waals surface area contributed by atoms with Gasteiger partial charge in [0.05, 0.1) is 5.75 Å². The second-order valence-electron chi connectivity index (χ2n) is 3.65. The van der Waals surface area contributed by atoms with Crippen LogP contribution >= 0.6 is 10.7 Å². The molecule has 5 heteroatoms. The Morgan fingerprint density at radius 3 is 2.23 bits per heavy atom. The van der Waals surface area contributed by atoms with Gasteiger partial charge >= 0.3 is 0 Å². The Morgan fingerprint density at radius 2 is 1.77 bits per heavy atom. The SMILES string of the molecule is O=S(=O)(Cl)CCC1CCC(F)CC1. The molecule has 78 valence electrons. The quantitative estimate of drug-likeness (QED) is 0.696. The van der Waals surface area contributed by atoms with Gasteiger partial charge in [-0.05, 0) is 38.0 Å². The van der Waals surface area contributed by atoms with Crippen LogP contribution in [-0.4, -0.2) is 20.3 Å². The molecule has 1 saturated carbocycles. The molecule has 0 radical (unpaired) electrons. The zero-order valence-corrected chi connectivity index (χ0v) is 8.95. The van der Waals surface area contributed by atoms with Crippen LogP contribution in [0.3, 0.4) is 0 Å². The van der Waals surface area contributed by atoms with Gasteiger partial charge in [0, 0.05) is 10.7 Å². The molecule has 0 amide bonds. The first-order valence-corrected chi connectivity index (χ1v) is 7.01. The van der Waals surface area contributed by atoms with Crippen molar-refractivity contribution in [3.8, 4) is 0 Å². The highest BCUT2D eigenvalue weighted by Crippen LogP contribution is 2.28. The Hall–Kier alpha value is 0.170. The van der Waals surface area contributed by atoms with Gasteiger partial charge in [0.15, 0.2) is 0 Å². The summed E-state index contributed by atoms with van der Waals surface area (Å²) in [5, 5.41) is 0. The second kappa shape index (κ2) is 4.60. The lowest BCUT2D eigenvalue weighted by Gasteiger charge is -2.23. The molecule has 0 aromatic carbocycles. The molecule has 2 nitrogen and oxygen atoms in total. The van der Waals surface area contributed by atoms with E-state index in [1.54, 1.807) is 0 Å². The molecular weight excluding hydrogens is 215 g/mol. The van der Waals surface area contributed by atoms with Crippen molar-refractivity contribution in [2.24, 2.45) is 5.92 Å². The standard InChI is InChI=1S/C8H14ClFO2S/c9-13(11,12)6-5-7-1-3-8(10)4-2-7/h7-8H,1-6H2. The van der Waals surface area contributed by atoms with Crippen molar-refractivity contribution in [3.05, 3.63) is 0 Å². The zero-order chi connectivity index (χ0) is 9.90. The van der Waals surface area contributed by atoms with E-state index in [1.807, 2.05) is 0 Å². The molecule has 1 fully saturated rings. The minimum Gasteiger partial charge on any atom is -0.247 e. The fourth-order valence-corrected chi connectivity index (χ4v) is 2.60. The van der Waals surface area contributed by atoms with Crippen molar-refractivity contribution in [2.75, 3.05) is 5.75 Å². The van der Waals surface area contributed by atoms with Crippen LogP contribution in [0, 0.1) is 5.92 Å². The summed E-state index contributed by atoms with van der Waals surface area (Å²) in [6, 6.07) is 0. The molecule has 1 rings (SSSR count). The highest BCUT2D eigenvalue weighted by atomic mass is 35.7. The summed E-state index contributed by atoms with van der Waals surface area (Å²) in [4.78, 5) is 0. The summed E-state index contributed by atoms with van der Waals surface area (Å²) >= 11 is 0. The van der Waals surface area contributed by atoms with Gasteiger partial charge in [-0.3, -0.25) is 0 Å². The Bertz CT molecular complexity index is 245. The average Bonchev–Trinajstić information content (AvgIpc) is 2.02. The molecule has 0 unspecified atom stereocenters. The maximum absolute atomic E-state index is 12.7. The number of halogens is 2. The lowest BCUT2D eigenvalue weighted by molar-refractivity contribution is 0.205. The molecule has 0 aromatic rings. The zero-order valence-electron chi connectivity index (χ0n) is 7.38. The van der Waals surface area contributed by atoms with Crippen LogP contribution in [0.15, 0.2) is 0 Å². The smallest absolute Gasteiger partial charge is 0.232 e. The summed E-state index contributed by atoms with van der Waals surface area (Å²) in [5.74, 6) is 0.372. The van der Waals surface area contributed by atoms with Crippen molar-refractivity contribution in [1.29, 1.82) is 0 Å². The average molecular weight is 229 g/mol. The van der Waals surface area contributed by atoms with E-state index in [1.165, 1.54) is 0 Å². The van der Waals surface area contributed by atoms with Gasteiger partial charge in [-0.1, -0.05) is 0 Å². The van der Waals surface area contributed by atoms with E-state index in [9.17, 15) is 12.8 Å². The summed E-state index contributed by atoms with van der Waals surface area (Å²) in [5.41, 5.74) is 0. The maximum Gasteiger partial charge on any atom is 0.232 e. The van der Waals surface area contributed by atoms with Crippen LogP contribution in [0.5, 0.6) is 0 Å². The number of hydrogen-bond donors (Lipinski definition) is 0. The number of hydrogen-bond acceptors (Lipinski definition) is 2. The molecule has 1 aliphatic rings. The fraction of sp³-hybridized carbons (Fsp3) is 1.00. The Labute approximate surface area is 82.9 Å². The monoisotopic (exact) mass is 228 g/mol. The summed E-state index contributed by atoms with van der Waals surface area (Å²) in [7, 11) is 1.72. The molecule has 0 atom stereocenters. The molecule has 1 aliphatic carbocycles. The van der Waals surface area contributed by atoms with Crippen molar-refractivity contribution in [3.63, 3.8) is 0 Å². The van der Waals surface area contributed by atoms with Gasteiger partial charge in [0.2, 0.25) is 9.05 Å². The summed E-state index contributed by atoms with van der Waals surface area (Å²) in [6.45, 7) is 0. The molecule has 0 spiro atoms. The third kappa shape index (κ3) is 4.81. The fourth-order valence-electron chi connectivity index (χ4n) is 1.72. The van der Waals surface area contributed by atoms with Crippen LogP contribution in [0.1, 0.15) is 32.1 Å². The summed E-state index contributed by atoms with van der Waals surface area (Å²) in [6.07, 6.45) is 2.66. The lowest BCUT2D eigenvalue weighted by Crippen LogP contribution is -2.17. The Balaban J connectivity index is 2.24. The molecule has 0 saturated heterocycles. The van der Waals surface area contributed by atoms with Gasteiger partial charge in [-0.25, -0.2) is 12.8 Å². The van der Waals surface area contributed by atoms with Gasteiger partial charge in [-0.15, -0.1) is 0 Å². The predicted molar refractivity (Wildman–Crippen MR) is 51.1 cm³/mol. The predicted octanol–water partition coefficient (Wildman–Crippen LogP) is 2.47. The highest BCUT2D eigenvalue weighted by Gasteiger charge is 2.21. The van der Waals surface area contributed by atoms with Crippen molar-refractivity contribution in [1.82, 2.24) is 0 Å². The van der Waals surface area contributed by atoms with E-state index in [0.717, 1.165) is 12.8 Å². The van der Waals surface area contributed by atoms with Crippen LogP contribution in [0.4, 0.5) is 4.39 Å². The summed E-state index contributed by atoms with van der Waals surface area (Å²) < 4.78 is 33.9. The normalized spacial score (nSPS) is 30.3. The van der Waals surface area contributed by atoms with E-state index in [4.69, 9.17) is 10.7 Å². The number of rotatable bonds is 3. The second-order valence-corrected chi connectivity index (χ2v) is 6.55. The minimum absolute atomic E-state index is 0.0240. The first-order valence-electron chi connectivity index (χ1n) is 4.54. The van der Waals surface area contributed by atoms with Crippen molar-refractivity contribution in [2.45, 2.75) is 38.3 Å². The van der Waals surface area contributed by atoms with Crippen LogP contribution in [-0.2, 0) is 9.05 Å². The third-order valence-corrected chi connectivity index (χ3v) is 3.73. The molecular formula is C8H14ClFO2S. The first-order chi connectivity index (χ1) is 5.97. The topological polar surface area (TPSA) is 34.1 Å². The largest absolute Gasteiger partial charge is 0.247 e. The van der Waals surface area contributed by atoms with E-state index < -0.39 is 15.2 Å². The van der Waals surface area contributed by atoms with Crippen LogP contribution in [0.2, 0.25) is 0 Å². The van der Waals surface area contributed by atoms with Gasteiger partial charge < -0.3 is 0 Å². The van der Waals surface area contributed by atoms with Gasteiger partial charge in [0.25, 0.3) is 0 Å². The molecule has 0 heterocycles. The van der Waals surface area contributed by atoms with Gasteiger partial charge in [-0.2, -0.15) is 0 Å². The Kier molecular flexibility index (Phi) is 3.98. The molecule has 13 heavy (non-hydrogen) atoms. The third-order valence-electron chi connectivity index (χ3n) is 2.55. The van der Waals surface area contributed by atoms with Gasteiger partial charge in [0.1, 0.15) is 6.17 Å². The molecule has 0 aromatic heterocycles. The van der Waals surface area contributed by atoms with E-state index >= 15 is 0 Å². The molecule has 0 bridgehead atoms. The van der Waals surface area contributed by atoms with Crippen molar-refractivity contribution >= 4 is 19.7 Å². The minimum atomic E-state index is -3.36. The lowest BCUT2D eigenvalue weighted by atomic mass is 9.86. The van der Waals surface area contributed by atoms with Crippen LogP contribution in [0.25, 0.3) is 0 Å². The van der Waals surface area contributed by atoms with Crippen LogP contribution < -0.4 is 0 Å². The Morgan fingerprint density at radius 1 is 1.23 bits per heavy atom.